The molecule has 0 saturated carbocycles. The van der Waals surface area contributed by atoms with Crippen LogP contribution in [0, 0.1) is 25.6 Å². The Kier molecular flexibility index (Phi) is 4.73. The fourth-order valence-electron chi connectivity index (χ4n) is 2.23. The molecule has 21 heavy (non-hydrogen) atoms. The minimum Gasteiger partial charge on any atom is -0.352 e. The van der Waals surface area contributed by atoms with Gasteiger partial charge in [0.25, 0.3) is 5.91 Å². The Bertz CT molecular complexity index is 636. The van der Waals surface area contributed by atoms with Gasteiger partial charge < -0.3 is 5.32 Å². The number of aromatic nitrogens is 2. The van der Waals surface area contributed by atoms with E-state index in [4.69, 9.17) is 0 Å². The number of hydrogen-bond acceptors (Lipinski definition) is 2. The van der Waals surface area contributed by atoms with Crippen molar-refractivity contribution in [3.8, 4) is 0 Å². The summed E-state index contributed by atoms with van der Waals surface area (Å²) in [6, 6.07) is 8.00. The van der Waals surface area contributed by atoms with E-state index in [-0.39, 0.29) is 17.4 Å². The van der Waals surface area contributed by atoms with E-state index >= 15 is 0 Å². The van der Waals surface area contributed by atoms with E-state index in [1.807, 2.05) is 31.5 Å². The van der Waals surface area contributed by atoms with Gasteiger partial charge in [-0.2, -0.15) is 5.10 Å². The molecule has 112 valence electrons. The van der Waals surface area contributed by atoms with Gasteiger partial charge in [0.15, 0.2) is 0 Å². The third kappa shape index (κ3) is 3.90. The molecule has 1 heterocycles. The van der Waals surface area contributed by atoms with Crippen molar-refractivity contribution in [2.45, 2.75) is 27.3 Å². The number of carbonyl (C=O) groups excluding carboxylic acids is 1. The van der Waals surface area contributed by atoms with Gasteiger partial charge in [0.1, 0.15) is 5.82 Å². The molecular weight excluding hydrogens is 269 g/mol. The zero-order chi connectivity index (χ0) is 15.4. The highest BCUT2D eigenvalue weighted by molar-refractivity contribution is 5.94. The molecule has 0 bridgehead atoms. The Morgan fingerprint density at radius 2 is 2.10 bits per heavy atom. The smallest absolute Gasteiger partial charge is 0.254 e. The SMILES string of the molecule is Cc1cc(C)n(C[C@H](C)CNC(=O)c2ccccc2F)n1. The molecule has 0 saturated heterocycles. The summed E-state index contributed by atoms with van der Waals surface area (Å²) in [7, 11) is 0. The lowest BCUT2D eigenvalue weighted by atomic mass is 10.1. The Morgan fingerprint density at radius 3 is 2.71 bits per heavy atom. The summed E-state index contributed by atoms with van der Waals surface area (Å²) in [4.78, 5) is 11.9. The van der Waals surface area contributed by atoms with Crippen molar-refractivity contribution in [2.24, 2.45) is 5.92 Å². The molecule has 1 N–H and O–H groups in total. The van der Waals surface area contributed by atoms with Crippen LogP contribution in [0.1, 0.15) is 28.7 Å². The summed E-state index contributed by atoms with van der Waals surface area (Å²) in [5, 5.41) is 7.16. The molecule has 1 aromatic carbocycles. The monoisotopic (exact) mass is 289 g/mol. The third-order valence-electron chi connectivity index (χ3n) is 3.32. The Hall–Kier alpha value is -2.17. The molecular formula is C16H20FN3O. The molecule has 0 aliphatic rings. The maximum atomic E-state index is 13.5. The number of benzene rings is 1. The van der Waals surface area contributed by atoms with Gasteiger partial charge in [-0.25, -0.2) is 4.39 Å². The largest absolute Gasteiger partial charge is 0.352 e. The van der Waals surface area contributed by atoms with Crippen LogP contribution in [0.25, 0.3) is 0 Å². The first-order chi connectivity index (χ1) is 9.97. The zero-order valence-electron chi connectivity index (χ0n) is 12.6. The van der Waals surface area contributed by atoms with E-state index in [9.17, 15) is 9.18 Å². The molecule has 0 fully saturated rings. The van der Waals surface area contributed by atoms with Crippen molar-refractivity contribution in [3.05, 3.63) is 53.1 Å². The predicted molar refractivity (Wildman–Crippen MR) is 79.6 cm³/mol. The first-order valence-corrected chi connectivity index (χ1v) is 7.01. The van der Waals surface area contributed by atoms with Crippen molar-refractivity contribution in [3.63, 3.8) is 0 Å². The van der Waals surface area contributed by atoms with Crippen molar-refractivity contribution in [1.29, 1.82) is 0 Å². The van der Waals surface area contributed by atoms with E-state index in [0.717, 1.165) is 17.9 Å². The first-order valence-electron chi connectivity index (χ1n) is 7.01. The van der Waals surface area contributed by atoms with Crippen molar-refractivity contribution >= 4 is 5.91 Å². The molecule has 0 aliphatic carbocycles. The quantitative estimate of drug-likeness (QED) is 0.920. The molecule has 0 radical (unpaired) electrons. The minimum absolute atomic E-state index is 0.0795. The van der Waals surface area contributed by atoms with Crippen LogP contribution in [0.3, 0.4) is 0 Å². The van der Waals surface area contributed by atoms with Crippen LogP contribution >= 0.6 is 0 Å². The van der Waals surface area contributed by atoms with Gasteiger partial charge in [-0.15, -0.1) is 0 Å². The number of halogens is 1. The second-order valence-electron chi connectivity index (χ2n) is 5.40. The van der Waals surface area contributed by atoms with Crippen LogP contribution in [0.2, 0.25) is 0 Å². The molecule has 1 atom stereocenters. The summed E-state index contributed by atoms with van der Waals surface area (Å²) in [6.07, 6.45) is 0. The molecule has 0 spiro atoms. The second-order valence-corrected chi connectivity index (χ2v) is 5.40. The standard InChI is InChI=1S/C16H20FN3O/c1-11(10-20-13(3)8-12(2)19-20)9-18-16(21)14-6-4-5-7-15(14)17/h4-8,11H,9-10H2,1-3H3,(H,18,21)/t11-/m1/s1. The number of amides is 1. The topological polar surface area (TPSA) is 46.9 Å². The fourth-order valence-corrected chi connectivity index (χ4v) is 2.23. The summed E-state index contributed by atoms with van der Waals surface area (Å²) >= 11 is 0. The maximum absolute atomic E-state index is 13.5. The van der Waals surface area contributed by atoms with Crippen LogP contribution in [0.4, 0.5) is 4.39 Å². The van der Waals surface area contributed by atoms with Crippen LogP contribution in [0.15, 0.2) is 30.3 Å². The second kappa shape index (κ2) is 6.52. The number of rotatable bonds is 5. The summed E-state index contributed by atoms with van der Waals surface area (Å²) in [5.41, 5.74) is 2.16. The van der Waals surface area contributed by atoms with E-state index < -0.39 is 5.82 Å². The molecule has 0 aliphatic heterocycles. The minimum atomic E-state index is -0.499. The Morgan fingerprint density at radius 1 is 1.38 bits per heavy atom. The van der Waals surface area contributed by atoms with Gasteiger partial charge in [0.2, 0.25) is 0 Å². The normalized spacial score (nSPS) is 12.2. The molecule has 1 aromatic heterocycles. The number of hydrogen-bond donors (Lipinski definition) is 1. The van der Waals surface area contributed by atoms with E-state index in [1.54, 1.807) is 12.1 Å². The van der Waals surface area contributed by atoms with E-state index in [1.165, 1.54) is 12.1 Å². The summed E-state index contributed by atoms with van der Waals surface area (Å²) < 4.78 is 15.4. The van der Waals surface area contributed by atoms with Gasteiger partial charge in [-0.05, 0) is 38.0 Å². The third-order valence-corrected chi connectivity index (χ3v) is 3.32. The lowest BCUT2D eigenvalue weighted by molar-refractivity contribution is 0.0942. The lowest BCUT2D eigenvalue weighted by Crippen LogP contribution is -2.30. The molecule has 4 nitrogen and oxygen atoms in total. The van der Waals surface area contributed by atoms with Crippen molar-refractivity contribution in [1.82, 2.24) is 15.1 Å². The number of nitrogens with zero attached hydrogens (tertiary/aromatic N) is 2. The van der Waals surface area contributed by atoms with E-state index in [0.29, 0.717) is 6.54 Å². The highest BCUT2D eigenvalue weighted by atomic mass is 19.1. The average molecular weight is 289 g/mol. The lowest BCUT2D eigenvalue weighted by Gasteiger charge is -2.14. The van der Waals surface area contributed by atoms with Gasteiger partial charge in [0.05, 0.1) is 11.3 Å². The van der Waals surface area contributed by atoms with Gasteiger partial charge >= 0.3 is 0 Å². The Labute approximate surface area is 124 Å². The number of carbonyl (C=O) groups is 1. The molecule has 1 amide bonds. The Balaban J connectivity index is 1.89. The zero-order valence-corrected chi connectivity index (χ0v) is 12.6. The molecule has 2 aromatic rings. The maximum Gasteiger partial charge on any atom is 0.254 e. The summed E-state index contributed by atoms with van der Waals surface area (Å²) in [6.45, 7) is 7.18. The van der Waals surface area contributed by atoms with Crippen molar-refractivity contribution in [2.75, 3.05) is 6.54 Å². The first kappa shape index (κ1) is 15.2. The van der Waals surface area contributed by atoms with Crippen LogP contribution in [-0.4, -0.2) is 22.2 Å². The van der Waals surface area contributed by atoms with Gasteiger partial charge in [-0.3, -0.25) is 9.48 Å². The summed E-state index contributed by atoms with van der Waals surface area (Å²) in [5.74, 6) is -0.673. The highest BCUT2D eigenvalue weighted by Crippen LogP contribution is 2.08. The molecule has 5 heteroatoms. The molecule has 2 rings (SSSR count). The van der Waals surface area contributed by atoms with Crippen LogP contribution < -0.4 is 5.32 Å². The van der Waals surface area contributed by atoms with Crippen LogP contribution in [0.5, 0.6) is 0 Å². The van der Waals surface area contributed by atoms with Crippen molar-refractivity contribution < 1.29 is 9.18 Å². The van der Waals surface area contributed by atoms with Gasteiger partial charge in [0, 0.05) is 18.8 Å². The number of nitrogens with one attached hydrogen (secondary N) is 1. The van der Waals surface area contributed by atoms with E-state index in [2.05, 4.69) is 10.4 Å². The molecule has 0 unspecified atom stereocenters. The predicted octanol–water partition coefficient (Wildman–Crippen LogP) is 2.71. The number of aryl methyl sites for hydroxylation is 2. The van der Waals surface area contributed by atoms with Crippen LogP contribution in [-0.2, 0) is 6.54 Å². The average Bonchev–Trinajstić information content (AvgIpc) is 2.74. The highest BCUT2D eigenvalue weighted by Gasteiger charge is 2.12. The van der Waals surface area contributed by atoms with Gasteiger partial charge in [-0.1, -0.05) is 19.1 Å². The fraction of sp³-hybridized carbons (Fsp3) is 0.375.